The zero-order chi connectivity index (χ0) is 23.3. The molecule has 1 saturated heterocycles. The van der Waals surface area contributed by atoms with Crippen LogP contribution in [0.25, 0.3) is 0 Å². The van der Waals surface area contributed by atoms with E-state index in [1.807, 2.05) is 0 Å². The van der Waals surface area contributed by atoms with Crippen LogP contribution in [0.3, 0.4) is 0 Å². The number of nitrogens with zero attached hydrogens (tertiary/aromatic N) is 1. The lowest BCUT2D eigenvalue weighted by molar-refractivity contribution is -0.124. The van der Waals surface area contributed by atoms with Crippen molar-refractivity contribution in [3.05, 3.63) is 48.4 Å². The molecule has 0 aliphatic carbocycles. The lowest BCUT2D eigenvalue weighted by Crippen LogP contribution is -2.54. The molecular weight excluding hydrogens is 434 g/mol. The van der Waals surface area contributed by atoms with E-state index in [9.17, 15) is 18.0 Å². The number of amides is 2. The van der Waals surface area contributed by atoms with Crippen LogP contribution >= 0.6 is 0 Å². The van der Waals surface area contributed by atoms with Gasteiger partial charge >= 0.3 is 0 Å². The first-order valence-electron chi connectivity index (χ1n) is 10.5. The number of carbonyl (C=O) groups is 2. The van der Waals surface area contributed by atoms with Crippen molar-refractivity contribution in [2.24, 2.45) is 5.92 Å². The van der Waals surface area contributed by atoms with Gasteiger partial charge in [0.05, 0.1) is 18.3 Å². The zero-order valence-electron chi connectivity index (χ0n) is 18.4. The number of carbonyl (C=O) groups excluding carboxylic acids is 2. The van der Waals surface area contributed by atoms with Gasteiger partial charge in [-0.1, -0.05) is 13.8 Å². The lowest BCUT2D eigenvalue weighted by Gasteiger charge is -2.33. The van der Waals surface area contributed by atoms with Gasteiger partial charge < -0.3 is 19.4 Å². The van der Waals surface area contributed by atoms with Crippen LogP contribution in [0.15, 0.2) is 52.0 Å². The number of nitrogens with one attached hydrogen (secondary N) is 2. The van der Waals surface area contributed by atoms with Crippen LogP contribution in [-0.4, -0.2) is 57.4 Å². The molecule has 2 amide bonds. The van der Waals surface area contributed by atoms with Gasteiger partial charge in [0.15, 0.2) is 5.76 Å². The Labute approximate surface area is 188 Å². The van der Waals surface area contributed by atoms with Gasteiger partial charge in [-0.25, -0.2) is 8.42 Å². The van der Waals surface area contributed by atoms with Crippen molar-refractivity contribution in [1.29, 1.82) is 0 Å². The SMILES string of the molecule is COc1ccc(S(=O)(=O)N[C@H](C(=O)NC2CCN(C(=O)c3ccco3)CC2)C(C)C)cc1. The van der Waals surface area contributed by atoms with Crippen LogP contribution in [0.4, 0.5) is 0 Å². The molecule has 1 aromatic carbocycles. The fourth-order valence-electron chi connectivity index (χ4n) is 3.56. The van der Waals surface area contributed by atoms with E-state index in [0.717, 1.165) is 0 Å². The molecule has 1 aliphatic heterocycles. The van der Waals surface area contributed by atoms with E-state index in [4.69, 9.17) is 9.15 Å². The molecule has 10 heteroatoms. The number of likely N-dealkylation sites (tertiary alicyclic amines) is 1. The predicted octanol–water partition coefficient (Wildman–Crippen LogP) is 2.01. The molecule has 1 atom stereocenters. The predicted molar refractivity (Wildman–Crippen MR) is 118 cm³/mol. The summed E-state index contributed by atoms with van der Waals surface area (Å²) in [5, 5.41) is 2.94. The minimum atomic E-state index is -3.89. The molecule has 2 heterocycles. The number of hydrogen-bond donors (Lipinski definition) is 2. The van der Waals surface area contributed by atoms with Crippen LogP contribution in [0.5, 0.6) is 5.75 Å². The summed E-state index contributed by atoms with van der Waals surface area (Å²) in [5.41, 5.74) is 0. The second kappa shape index (κ2) is 10.2. The average molecular weight is 464 g/mol. The molecule has 32 heavy (non-hydrogen) atoms. The number of ether oxygens (including phenoxy) is 1. The van der Waals surface area contributed by atoms with E-state index in [1.165, 1.54) is 25.5 Å². The standard InChI is InChI=1S/C22H29N3O6S/c1-15(2)20(24-32(28,29)18-8-6-17(30-3)7-9-18)21(26)23-16-10-12-25(13-11-16)22(27)19-5-4-14-31-19/h4-9,14-16,20,24H,10-13H2,1-3H3,(H,23,26)/t20-/m0/s1. The summed E-state index contributed by atoms with van der Waals surface area (Å²) in [6.07, 6.45) is 2.61. The highest BCUT2D eigenvalue weighted by atomic mass is 32.2. The second-order valence-corrected chi connectivity index (χ2v) is 9.78. The molecule has 0 spiro atoms. The molecule has 2 aromatic rings. The fraction of sp³-hybridized carbons (Fsp3) is 0.455. The van der Waals surface area contributed by atoms with Crippen molar-refractivity contribution in [2.75, 3.05) is 20.2 Å². The molecule has 2 N–H and O–H groups in total. The van der Waals surface area contributed by atoms with Gasteiger partial charge in [-0.3, -0.25) is 9.59 Å². The molecular formula is C22H29N3O6S. The maximum Gasteiger partial charge on any atom is 0.289 e. The van der Waals surface area contributed by atoms with Gasteiger partial charge in [-0.05, 0) is 55.2 Å². The Morgan fingerprint density at radius 1 is 1.12 bits per heavy atom. The number of rotatable bonds is 8. The first-order valence-corrected chi connectivity index (χ1v) is 12.0. The fourth-order valence-corrected chi connectivity index (χ4v) is 4.90. The Morgan fingerprint density at radius 2 is 1.78 bits per heavy atom. The summed E-state index contributed by atoms with van der Waals surface area (Å²) < 4.78 is 38.3. The Morgan fingerprint density at radius 3 is 2.31 bits per heavy atom. The highest BCUT2D eigenvalue weighted by Crippen LogP contribution is 2.18. The maximum absolute atomic E-state index is 12.9. The smallest absolute Gasteiger partial charge is 0.289 e. The summed E-state index contributed by atoms with van der Waals surface area (Å²) in [5.74, 6) is 0.0166. The third kappa shape index (κ3) is 5.68. The third-order valence-corrected chi connectivity index (χ3v) is 6.92. The summed E-state index contributed by atoms with van der Waals surface area (Å²) in [6, 6.07) is 8.19. The van der Waals surface area contributed by atoms with Crippen molar-refractivity contribution >= 4 is 21.8 Å². The lowest BCUT2D eigenvalue weighted by atomic mass is 10.0. The number of furan rings is 1. The normalized spacial score (nSPS) is 16.1. The molecule has 1 aliphatic rings. The molecule has 9 nitrogen and oxygen atoms in total. The topological polar surface area (TPSA) is 118 Å². The number of hydrogen-bond acceptors (Lipinski definition) is 6. The first-order chi connectivity index (χ1) is 15.2. The minimum Gasteiger partial charge on any atom is -0.497 e. The molecule has 1 aromatic heterocycles. The number of benzene rings is 1. The van der Waals surface area contributed by atoms with Crippen molar-refractivity contribution < 1.29 is 27.2 Å². The molecule has 0 saturated carbocycles. The van der Waals surface area contributed by atoms with E-state index >= 15 is 0 Å². The maximum atomic E-state index is 12.9. The van der Waals surface area contributed by atoms with E-state index in [-0.39, 0.29) is 28.7 Å². The number of sulfonamides is 1. The molecule has 3 rings (SSSR count). The van der Waals surface area contributed by atoms with Gasteiger partial charge in [-0.2, -0.15) is 4.72 Å². The van der Waals surface area contributed by atoms with Crippen LogP contribution in [0.1, 0.15) is 37.2 Å². The number of methoxy groups -OCH3 is 1. The monoisotopic (exact) mass is 463 g/mol. The average Bonchev–Trinajstić information content (AvgIpc) is 3.32. The highest BCUT2D eigenvalue weighted by molar-refractivity contribution is 7.89. The Balaban J connectivity index is 1.59. The van der Waals surface area contributed by atoms with Crippen molar-refractivity contribution in [2.45, 2.75) is 43.7 Å². The van der Waals surface area contributed by atoms with Crippen LogP contribution in [-0.2, 0) is 14.8 Å². The van der Waals surface area contributed by atoms with Gasteiger partial charge in [0.2, 0.25) is 15.9 Å². The Kier molecular flexibility index (Phi) is 7.57. The van der Waals surface area contributed by atoms with Gasteiger partial charge in [0.25, 0.3) is 5.91 Å². The molecule has 0 radical (unpaired) electrons. The highest BCUT2D eigenvalue weighted by Gasteiger charge is 2.31. The third-order valence-electron chi connectivity index (χ3n) is 5.46. The van der Waals surface area contributed by atoms with Gasteiger partial charge in [-0.15, -0.1) is 0 Å². The molecule has 0 bridgehead atoms. The van der Waals surface area contributed by atoms with Crippen LogP contribution in [0, 0.1) is 5.92 Å². The zero-order valence-corrected chi connectivity index (χ0v) is 19.2. The Hall–Kier alpha value is -2.85. The van der Waals surface area contributed by atoms with Gasteiger partial charge in [0, 0.05) is 19.1 Å². The first kappa shape index (κ1) is 23.8. The summed E-state index contributed by atoms with van der Waals surface area (Å²) in [7, 11) is -2.39. The summed E-state index contributed by atoms with van der Waals surface area (Å²) in [4.78, 5) is 27.0. The van der Waals surface area contributed by atoms with Crippen LogP contribution < -0.4 is 14.8 Å². The van der Waals surface area contributed by atoms with Gasteiger partial charge in [0.1, 0.15) is 11.8 Å². The van der Waals surface area contributed by atoms with E-state index in [0.29, 0.717) is 37.4 Å². The van der Waals surface area contributed by atoms with E-state index in [2.05, 4.69) is 10.0 Å². The quantitative estimate of drug-likeness (QED) is 0.618. The largest absolute Gasteiger partial charge is 0.497 e. The number of piperidine rings is 1. The van der Waals surface area contributed by atoms with Crippen molar-refractivity contribution in [3.8, 4) is 5.75 Å². The van der Waals surface area contributed by atoms with Crippen molar-refractivity contribution in [3.63, 3.8) is 0 Å². The second-order valence-electron chi connectivity index (χ2n) is 8.07. The Bertz CT molecular complexity index is 1010. The van der Waals surface area contributed by atoms with E-state index in [1.54, 1.807) is 43.0 Å². The molecule has 1 fully saturated rings. The minimum absolute atomic E-state index is 0.0569. The van der Waals surface area contributed by atoms with Crippen molar-refractivity contribution in [1.82, 2.24) is 14.9 Å². The molecule has 174 valence electrons. The van der Waals surface area contributed by atoms with E-state index < -0.39 is 16.1 Å². The summed E-state index contributed by atoms with van der Waals surface area (Å²) >= 11 is 0. The van der Waals surface area contributed by atoms with Crippen LogP contribution in [0.2, 0.25) is 0 Å². The summed E-state index contributed by atoms with van der Waals surface area (Å²) in [6.45, 7) is 4.53. The molecule has 0 unspecified atom stereocenters.